The molecule has 0 amide bonds. The Labute approximate surface area is 283 Å². The van der Waals surface area contributed by atoms with E-state index in [0.717, 1.165) is 99.9 Å². The number of aliphatic hydroxyl groups is 2. The van der Waals surface area contributed by atoms with Gasteiger partial charge in [0.2, 0.25) is 0 Å². The van der Waals surface area contributed by atoms with Crippen molar-refractivity contribution in [2.75, 3.05) is 0 Å². The zero-order chi connectivity index (χ0) is 33.5. The molecule has 3 aliphatic carbocycles. The standard InChI is InChI=1S/C41H72N2O3/c1-6-14-34(16-11-20-35-18-8-7-15-30(35)2)17-12-22-38(40(45)23-10-9-19-37-21-13-24-39(37)44)29-33(5)43(42)41(46)32(4)26-25-31(3)36-27-28-36/h8,18,30-31,34-38,40-41,45-46H,4-7,9-17,19-29,42H2,1-3H3/t30-,31+,34?,35?,37?,38+,40+,41-/m1/s1. The van der Waals surface area contributed by atoms with Gasteiger partial charge in [-0.05, 0) is 125 Å². The summed E-state index contributed by atoms with van der Waals surface area (Å²) in [5.41, 5.74) is 1.42. The van der Waals surface area contributed by atoms with Crippen molar-refractivity contribution in [3.8, 4) is 0 Å². The Bertz CT molecular complexity index is 942. The number of nitrogens with two attached hydrogens (primary N) is 1. The molecule has 0 aromatic heterocycles. The van der Waals surface area contributed by atoms with Gasteiger partial charge in [0, 0.05) is 18.0 Å². The molecule has 0 radical (unpaired) electrons. The van der Waals surface area contributed by atoms with Crippen LogP contribution in [0.4, 0.5) is 0 Å². The molecule has 4 N–H and O–H groups in total. The molecule has 0 bridgehead atoms. The second kappa shape index (κ2) is 20.8. The van der Waals surface area contributed by atoms with Crippen molar-refractivity contribution in [2.24, 2.45) is 47.3 Å². The number of unbranched alkanes of at least 4 members (excludes halogenated alkanes) is 1. The Kier molecular flexibility index (Phi) is 17.7. The molecule has 3 aliphatic rings. The first-order valence-corrected chi connectivity index (χ1v) is 19.5. The smallest absolute Gasteiger partial charge is 0.162 e. The predicted octanol–water partition coefficient (Wildman–Crippen LogP) is 10.0. The van der Waals surface area contributed by atoms with E-state index < -0.39 is 12.3 Å². The number of nitrogens with zero attached hydrogens (tertiary/aromatic N) is 1. The van der Waals surface area contributed by atoms with E-state index in [1.165, 1.54) is 69.2 Å². The van der Waals surface area contributed by atoms with Crippen LogP contribution < -0.4 is 5.84 Å². The largest absolute Gasteiger partial charge is 0.393 e. The molecular weight excluding hydrogens is 568 g/mol. The zero-order valence-electron chi connectivity index (χ0n) is 30.1. The molecule has 0 saturated heterocycles. The van der Waals surface area contributed by atoms with Gasteiger partial charge in [0.15, 0.2) is 6.23 Å². The maximum absolute atomic E-state index is 12.1. The fourth-order valence-corrected chi connectivity index (χ4v) is 8.39. The van der Waals surface area contributed by atoms with E-state index in [-0.39, 0.29) is 11.8 Å². The highest BCUT2D eigenvalue weighted by molar-refractivity contribution is 5.82. The molecule has 3 unspecified atom stereocenters. The number of ketones is 1. The van der Waals surface area contributed by atoms with E-state index in [4.69, 9.17) is 5.84 Å². The summed E-state index contributed by atoms with van der Waals surface area (Å²) in [4.78, 5) is 12.1. The topological polar surface area (TPSA) is 86.8 Å². The molecule has 8 atom stereocenters. The fraction of sp³-hybridized carbons (Fsp3) is 0.829. The van der Waals surface area contributed by atoms with E-state index in [2.05, 4.69) is 46.1 Å². The quantitative estimate of drug-likeness (QED) is 0.0304. The van der Waals surface area contributed by atoms with Gasteiger partial charge >= 0.3 is 0 Å². The molecule has 3 rings (SSSR count). The molecule has 0 aromatic rings. The molecule has 46 heavy (non-hydrogen) atoms. The number of carbonyl (C=O) groups is 1. The Morgan fingerprint density at radius 2 is 1.74 bits per heavy atom. The molecule has 0 heterocycles. The van der Waals surface area contributed by atoms with Crippen LogP contribution in [-0.4, -0.2) is 33.3 Å². The first kappa shape index (κ1) is 39.0. The highest BCUT2D eigenvalue weighted by atomic mass is 16.3. The van der Waals surface area contributed by atoms with Gasteiger partial charge in [-0.1, -0.05) is 97.4 Å². The number of hydrazine groups is 1. The molecular formula is C41H72N2O3. The van der Waals surface area contributed by atoms with Crippen LogP contribution >= 0.6 is 0 Å². The van der Waals surface area contributed by atoms with Crippen molar-refractivity contribution in [2.45, 2.75) is 174 Å². The van der Waals surface area contributed by atoms with E-state index in [0.29, 0.717) is 23.8 Å². The number of rotatable bonds is 25. The second-order valence-corrected chi connectivity index (χ2v) is 15.9. The Morgan fingerprint density at radius 3 is 2.41 bits per heavy atom. The van der Waals surface area contributed by atoms with Crippen molar-refractivity contribution in [1.29, 1.82) is 0 Å². The van der Waals surface area contributed by atoms with Crippen LogP contribution in [0.1, 0.15) is 162 Å². The van der Waals surface area contributed by atoms with Gasteiger partial charge in [0.05, 0.1) is 6.10 Å². The van der Waals surface area contributed by atoms with Crippen LogP contribution in [0.25, 0.3) is 0 Å². The van der Waals surface area contributed by atoms with Crippen LogP contribution in [-0.2, 0) is 4.79 Å². The number of allylic oxidation sites excluding steroid dienone is 3. The van der Waals surface area contributed by atoms with Crippen LogP contribution in [0.3, 0.4) is 0 Å². The van der Waals surface area contributed by atoms with Gasteiger partial charge in [0.1, 0.15) is 5.78 Å². The third-order valence-electron chi connectivity index (χ3n) is 12.1. The van der Waals surface area contributed by atoms with Crippen molar-refractivity contribution in [1.82, 2.24) is 5.01 Å². The van der Waals surface area contributed by atoms with Gasteiger partial charge < -0.3 is 10.2 Å². The second-order valence-electron chi connectivity index (χ2n) is 15.9. The average Bonchev–Trinajstić information content (AvgIpc) is 3.82. The summed E-state index contributed by atoms with van der Waals surface area (Å²) in [7, 11) is 0. The molecule has 0 aromatic carbocycles. The summed E-state index contributed by atoms with van der Waals surface area (Å²) in [5, 5.41) is 23.9. The molecule has 2 saturated carbocycles. The molecule has 5 heteroatoms. The van der Waals surface area contributed by atoms with Crippen LogP contribution in [0, 0.1) is 41.4 Å². The van der Waals surface area contributed by atoms with Gasteiger partial charge in [-0.2, -0.15) is 0 Å². The Hall–Kier alpha value is -1.43. The monoisotopic (exact) mass is 641 g/mol. The van der Waals surface area contributed by atoms with Crippen LogP contribution in [0.5, 0.6) is 0 Å². The van der Waals surface area contributed by atoms with E-state index >= 15 is 0 Å². The van der Waals surface area contributed by atoms with Crippen molar-refractivity contribution >= 4 is 5.78 Å². The number of hydrogen-bond acceptors (Lipinski definition) is 5. The minimum absolute atomic E-state index is 0.0533. The first-order chi connectivity index (χ1) is 22.1. The van der Waals surface area contributed by atoms with Crippen LogP contribution in [0.2, 0.25) is 0 Å². The lowest BCUT2D eigenvalue weighted by Gasteiger charge is -2.32. The van der Waals surface area contributed by atoms with E-state index in [9.17, 15) is 15.0 Å². The number of hydrogen-bond donors (Lipinski definition) is 3. The summed E-state index contributed by atoms with van der Waals surface area (Å²) >= 11 is 0. The molecule has 264 valence electrons. The number of aliphatic hydroxyl groups excluding tert-OH is 2. The highest BCUT2D eigenvalue weighted by Gasteiger charge is 2.29. The lowest BCUT2D eigenvalue weighted by atomic mass is 9.80. The molecule has 0 aliphatic heterocycles. The van der Waals surface area contributed by atoms with Gasteiger partial charge in [0.25, 0.3) is 0 Å². The molecule has 5 nitrogen and oxygen atoms in total. The summed E-state index contributed by atoms with van der Waals surface area (Å²) in [6.45, 7) is 15.5. The molecule has 2 fully saturated rings. The van der Waals surface area contributed by atoms with Crippen molar-refractivity contribution in [3.63, 3.8) is 0 Å². The summed E-state index contributed by atoms with van der Waals surface area (Å²) < 4.78 is 0. The lowest BCUT2D eigenvalue weighted by molar-refractivity contribution is -0.120. The first-order valence-electron chi connectivity index (χ1n) is 19.5. The predicted molar refractivity (Wildman–Crippen MR) is 193 cm³/mol. The average molecular weight is 641 g/mol. The normalized spacial score (nSPS) is 24.8. The van der Waals surface area contributed by atoms with Gasteiger partial charge in [-0.3, -0.25) is 9.80 Å². The highest BCUT2D eigenvalue weighted by Crippen LogP contribution is 2.39. The lowest BCUT2D eigenvalue weighted by Crippen LogP contribution is -2.42. The van der Waals surface area contributed by atoms with Crippen LogP contribution in [0.15, 0.2) is 36.6 Å². The minimum Gasteiger partial charge on any atom is -0.393 e. The zero-order valence-corrected chi connectivity index (χ0v) is 30.1. The van der Waals surface area contributed by atoms with E-state index in [1.807, 2.05) is 0 Å². The Morgan fingerprint density at radius 1 is 0.978 bits per heavy atom. The minimum atomic E-state index is -0.948. The third kappa shape index (κ3) is 13.6. The van der Waals surface area contributed by atoms with Gasteiger partial charge in [-0.15, -0.1) is 0 Å². The SMILES string of the molecule is C=C(CC[C@H](C)C1CC1)[C@@H](O)N(N)C(=C)C[C@H](CCCC(CCC)CCCC1C=CCC[C@H]1C)[C@@H](O)CCCCC1CCCC1=O. The van der Waals surface area contributed by atoms with Gasteiger partial charge in [-0.25, -0.2) is 5.84 Å². The van der Waals surface area contributed by atoms with E-state index in [1.54, 1.807) is 0 Å². The van der Waals surface area contributed by atoms with Crippen molar-refractivity contribution in [3.05, 3.63) is 36.6 Å². The number of Topliss-reactive ketones (excluding diaryl/α,β-unsaturated/α-hetero) is 1. The maximum atomic E-state index is 12.1. The maximum Gasteiger partial charge on any atom is 0.162 e. The van der Waals surface area contributed by atoms with Crippen molar-refractivity contribution < 1.29 is 15.0 Å². The summed E-state index contributed by atoms with van der Waals surface area (Å²) in [6, 6.07) is 0. The summed E-state index contributed by atoms with van der Waals surface area (Å²) in [5.74, 6) is 11.0. The summed E-state index contributed by atoms with van der Waals surface area (Å²) in [6.07, 6.45) is 27.2. The third-order valence-corrected chi connectivity index (χ3v) is 12.1. The fourth-order valence-electron chi connectivity index (χ4n) is 8.39. The molecule has 0 spiro atoms. The number of carbonyl (C=O) groups excluding carboxylic acids is 1. The Balaban J connectivity index is 1.50.